The Labute approximate surface area is 83.6 Å². The van der Waals surface area contributed by atoms with Crippen molar-refractivity contribution in [3.8, 4) is 0 Å². The summed E-state index contributed by atoms with van der Waals surface area (Å²) < 4.78 is 0. The number of carbonyl (C=O) groups is 1. The fourth-order valence-corrected chi connectivity index (χ4v) is 1.76. The van der Waals surface area contributed by atoms with Gasteiger partial charge in [0, 0.05) is 13.9 Å². The Bertz CT molecular complexity index is 150. The standard InChI is InChI=1S/C9H17NO.C2H6.H2/c1-3-10-9(11)8-5-4-7(2)6-8;1-2;/h7-8H,3-6H2,1-2H3,(H,10,11);1-2H3;1H. The molecule has 0 saturated heterocycles. The molecule has 1 N–H and O–H groups in total. The van der Waals surface area contributed by atoms with Crippen molar-refractivity contribution in [3.63, 3.8) is 0 Å². The molecule has 0 bridgehead atoms. The largest absolute Gasteiger partial charge is 0.356 e. The zero-order chi connectivity index (χ0) is 10.3. The van der Waals surface area contributed by atoms with E-state index in [9.17, 15) is 4.79 Å². The Morgan fingerprint density at radius 1 is 1.46 bits per heavy atom. The molecule has 2 heteroatoms. The predicted molar refractivity (Wildman–Crippen MR) is 58.7 cm³/mol. The van der Waals surface area contributed by atoms with Crippen LogP contribution in [0.25, 0.3) is 0 Å². The number of hydrogen-bond donors (Lipinski definition) is 1. The SMILES string of the molecule is CC.CCNC(=O)C1CCC(C)C1.[HH]. The highest BCUT2D eigenvalue weighted by molar-refractivity contribution is 5.78. The fourth-order valence-electron chi connectivity index (χ4n) is 1.76. The van der Waals surface area contributed by atoms with Gasteiger partial charge in [-0.15, -0.1) is 0 Å². The summed E-state index contributed by atoms with van der Waals surface area (Å²) in [7, 11) is 0. The van der Waals surface area contributed by atoms with E-state index in [4.69, 9.17) is 0 Å². The molecular formula is C11H25NO. The van der Waals surface area contributed by atoms with Crippen LogP contribution in [0.3, 0.4) is 0 Å². The Balaban J connectivity index is 0. The van der Waals surface area contributed by atoms with E-state index in [2.05, 4.69) is 12.2 Å². The number of nitrogens with one attached hydrogen (secondary N) is 1. The zero-order valence-electron chi connectivity index (χ0n) is 9.39. The van der Waals surface area contributed by atoms with Crippen LogP contribution >= 0.6 is 0 Å². The van der Waals surface area contributed by atoms with Gasteiger partial charge in [-0.1, -0.05) is 20.8 Å². The van der Waals surface area contributed by atoms with Gasteiger partial charge in [-0.3, -0.25) is 4.79 Å². The first-order valence-corrected chi connectivity index (χ1v) is 5.51. The van der Waals surface area contributed by atoms with E-state index in [1.165, 1.54) is 6.42 Å². The Hall–Kier alpha value is -0.530. The summed E-state index contributed by atoms with van der Waals surface area (Å²) in [6, 6.07) is 0. The van der Waals surface area contributed by atoms with E-state index in [-0.39, 0.29) is 7.33 Å². The van der Waals surface area contributed by atoms with E-state index in [0.29, 0.717) is 5.92 Å². The summed E-state index contributed by atoms with van der Waals surface area (Å²) >= 11 is 0. The molecule has 1 saturated carbocycles. The monoisotopic (exact) mass is 187 g/mol. The molecule has 0 radical (unpaired) electrons. The fraction of sp³-hybridized carbons (Fsp3) is 0.909. The molecule has 80 valence electrons. The molecule has 1 aliphatic carbocycles. The summed E-state index contributed by atoms with van der Waals surface area (Å²) in [5, 5.41) is 2.87. The molecular weight excluding hydrogens is 162 g/mol. The molecule has 13 heavy (non-hydrogen) atoms. The van der Waals surface area contributed by atoms with Gasteiger partial charge in [0.05, 0.1) is 0 Å². The quantitative estimate of drug-likeness (QED) is 0.707. The molecule has 0 spiro atoms. The van der Waals surface area contributed by atoms with Gasteiger partial charge in [0.1, 0.15) is 0 Å². The molecule has 2 nitrogen and oxygen atoms in total. The van der Waals surface area contributed by atoms with Gasteiger partial charge in [0.25, 0.3) is 0 Å². The summed E-state index contributed by atoms with van der Waals surface area (Å²) in [4.78, 5) is 11.3. The minimum absolute atomic E-state index is 0. The van der Waals surface area contributed by atoms with Crippen molar-refractivity contribution in [1.29, 1.82) is 0 Å². The number of rotatable bonds is 2. The lowest BCUT2D eigenvalue weighted by Crippen LogP contribution is -2.28. The molecule has 0 aromatic heterocycles. The van der Waals surface area contributed by atoms with Gasteiger partial charge >= 0.3 is 0 Å². The number of carbonyl (C=O) groups excluding carboxylic acids is 1. The molecule has 1 rings (SSSR count). The van der Waals surface area contributed by atoms with Crippen LogP contribution in [0, 0.1) is 11.8 Å². The average molecular weight is 187 g/mol. The second-order valence-corrected chi connectivity index (χ2v) is 3.51. The highest BCUT2D eigenvalue weighted by Gasteiger charge is 2.26. The molecule has 1 fully saturated rings. The third-order valence-corrected chi connectivity index (χ3v) is 2.42. The van der Waals surface area contributed by atoms with Crippen molar-refractivity contribution in [1.82, 2.24) is 5.32 Å². The van der Waals surface area contributed by atoms with Gasteiger partial charge in [-0.25, -0.2) is 0 Å². The topological polar surface area (TPSA) is 29.1 Å². The third kappa shape index (κ3) is 4.30. The van der Waals surface area contributed by atoms with E-state index in [1.54, 1.807) is 0 Å². The van der Waals surface area contributed by atoms with Gasteiger partial charge < -0.3 is 5.32 Å². The first-order valence-electron chi connectivity index (χ1n) is 5.51. The first kappa shape index (κ1) is 12.5. The second kappa shape index (κ2) is 6.93. The van der Waals surface area contributed by atoms with Crippen LogP contribution in [0.15, 0.2) is 0 Å². The van der Waals surface area contributed by atoms with Gasteiger partial charge in [0.2, 0.25) is 5.91 Å². The lowest BCUT2D eigenvalue weighted by Gasteiger charge is -2.08. The molecule has 1 amide bonds. The maximum Gasteiger partial charge on any atom is 0.223 e. The highest BCUT2D eigenvalue weighted by atomic mass is 16.1. The molecule has 0 heterocycles. The van der Waals surface area contributed by atoms with Crippen LogP contribution in [0.5, 0.6) is 0 Å². The van der Waals surface area contributed by atoms with E-state index >= 15 is 0 Å². The van der Waals surface area contributed by atoms with Crippen molar-refractivity contribution in [2.75, 3.05) is 6.54 Å². The highest BCUT2D eigenvalue weighted by Crippen LogP contribution is 2.30. The van der Waals surface area contributed by atoms with Crippen LogP contribution in [0.1, 0.15) is 48.4 Å². The molecule has 2 unspecified atom stereocenters. The molecule has 2 atom stereocenters. The lowest BCUT2D eigenvalue weighted by atomic mass is 10.1. The predicted octanol–water partition coefficient (Wildman–Crippen LogP) is 2.83. The van der Waals surface area contributed by atoms with Crippen LogP contribution in [0.4, 0.5) is 0 Å². The van der Waals surface area contributed by atoms with Crippen LogP contribution in [0.2, 0.25) is 0 Å². The molecule has 0 aromatic rings. The summed E-state index contributed by atoms with van der Waals surface area (Å²) in [5.74, 6) is 1.32. The summed E-state index contributed by atoms with van der Waals surface area (Å²) in [5.41, 5.74) is 0. The lowest BCUT2D eigenvalue weighted by molar-refractivity contribution is -0.124. The van der Waals surface area contributed by atoms with Gasteiger partial charge in [-0.05, 0) is 32.1 Å². The van der Waals surface area contributed by atoms with Gasteiger partial charge in [-0.2, -0.15) is 0 Å². The number of hydrogen-bond acceptors (Lipinski definition) is 1. The Morgan fingerprint density at radius 3 is 2.46 bits per heavy atom. The number of amides is 1. The second-order valence-electron chi connectivity index (χ2n) is 3.51. The normalized spacial score (nSPS) is 26.2. The Kier molecular flexibility index (Phi) is 6.65. The maximum absolute atomic E-state index is 11.3. The van der Waals surface area contributed by atoms with Crippen LogP contribution in [-0.4, -0.2) is 12.5 Å². The smallest absolute Gasteiger partial charge is 0.223 e. The van der Waals surface area contributed by atoms with Crippen molar-refractivity contribution < 1.29 is 6.22 Å². The van der Waals surface area contributed by atoms with E-state index in [1.807, 2.05) is 20.8 Å². The summed E-state index contributed by atoms with van der Waals surface area (Å²) in [6.07, 6.45) is 3.40. The maximum atomic E-state index is 11.3. The third-order valence-electron chi connectivity index (χ3n) is 2.42. The average Bonchev–Trinajstić information content (AvgIpc) is 2.56. The first-order chi connectivity index (χ1) is 6.24. The van der Waals surface area contributed by atoms with Crippen molar-refractivity contribution in [2.24, 2.45) is 11.8 Å². The minimum atomic E-state index is 0. The van der Waals surface area contributed by atoms with Crippen molar-refractivity contribution >= 4 is 5.91 Å². The molecule has 0 aliphatic heterocycles. The van der Waals surface area contributed by atoms with Crippen molar-refractivity contribution in [2.45, 2.75) is 47.0 Å². The minimum Gasteiger partial charge on any atom is -0.356 e. The zero-order valence-corrected chi connectivity index (χ0v) is 9.39. The van der Waals surface area contributed by atoms with E-state index < -0.39 is 0 Å². The van der Waals surface area contributed by atoms with Gasteiger partial charge in [0.15, 0.2) is 0 Å². The molecule has 1 aliphatic rings. The van der Waals surface area contributed by atoms with Crippen molar-refractivity contribution in [3.05, 3.63) is 0 Å². The molecule has 0 aromatic carbocycles. The van der Waals surface area contributed by atoms with Crippen LogP contribution in [-0.2, 0) is 4.79 Å². The Morgan fingerprint density at radius 2 is 2.08 bits per heavy atom. The summed E-state index contributed by atoms with van der Waals surface area (Å²) in [6.45, 7) is 8.96. The van der Waals surface area contributed by atoms with E-state index in [0.717, 1.165) is 25.3 Å². The van der Waals surface area contributed by atoms with Crippen LogP contribution < -0.4 is 5.32 Å².